The van der Waals surface area contributed by atoms with Gasteiger partial charge < -0.3 is 0 Å². The second-order valence-electron chi connectivity index (χ2n) is 4.45. The molecule has 0 saturated heterocycles. The summed E-state index contributed by atoms with van der Waals surface area (Å²) < 4.78 is 26.6. The molecular formula is C15H9ClF2N2. The lowest BCUT2D eigenvalue weighted by atomic mass is 10.1. The van der Waals surface area contributed by atoms with E-state index in [1.54, 1.807) is 13.0 Å². The molecule has 0 N–H and O–H groups in total. The van der Waals surface area contributed by atoms with Gasteiger partial charge in [-0.05, 0) is 30.7 Å². The van der Waals surface area contributed by atoms with Gasteiger partial charge in [0.25, 0.3) is 0 Å². The third-order valence-corrected chi connectivity index (χ3v) is 3.58. The summed E-state index contributed by atoms with van der Waals surface area (Å²) in [6.45, 7) is 1.79. The first-order valence-electron chi connectivity index (χ1n) is 5.92. The Kier molecular flexibility index (Phi) is 3.10. The fraction of sp³-hybridized carbons (Fsp3) is 0.0667. The van der Waals surface area contributed by atoms with Gasteiger partial charge in [-0.2, -0.15) is 0 Å². The maximum absolute atomic E-state index is 13.3. The molecule has 3 aromatic rings. The highest BCUT2D eigenvalue weighted by atomic mass is 35.5. The summed E-state index contributed by atoms with van der Waals surface area (Å²) in [5.41, 5.74) is 2.15. The highest BCUT2D eigenvalue weighted by molar-refractivity contribution is 6.36. The van der Waals surface area contributed by atoms with Crippen molar-refractivity contribution in [3.8, 4) is 11.3 Å². The van der Waals surface area contributed by atoms with E-state index in [0.717, 1.165) is 6.20 Å². The van der Waals surface area contributed by atoms with Crippen LogP contribution in [-0.2, 0) is 0 Å². The first kappa shape index (κ1) is 12.9. The fourth-order valence-electron chi connectivity index (χ4n) is 2.12. The van der Waals surface area contributed by atoms with E-state index in [2.05, 4.69) is 9.97 Å². The molecule has 0 spiro atoms. The minimum Gasteiger partial charge on any atom is -0.261 e. The molecule has 100 valence electrons. The normalized spacial score (nSPS) is 11.0. The van der Waals surface area contributed by atoms with Gasteiger partial charge in [-0.15, -0.1) is 0 Å². The second-order valence-corrected chi connectivity index (χ2v) is 4.83. The average Bonchev–Trinajstić information content (AvgIpc) is 2.42. The van der Waals surface area contributed by atoms with Crippen molar-refractivity contribution < 1.29 is 8.78 Å². The van der Waals surface area contributed by atoms with Gasteiger partial charge in [0, 0.05) is 23.2 Å². The second kappa shape index (κ2) is 4.80. The lowest BCUT2D eigenvalue weighted by Crippen LogP contribution is -1.94. The van der Waals surface area contributed by atoms with Crippen LogP contribution in [0, 0.1) is 18.6 Å². The summed E-state index contributed by atoms with van der Waals surface area (Å²) in [6, 6.07) is 5.54. The van der Waals surface area contributed by atoms with Crippen LogP contribution in [-0.4, -0.2) is 9.97 Å². The number of hydrogen-bond acceptors (Lipinski definition) is 2. The van der Waals surface area contributed by atoms with Crippen LogP contribution in [0.4, 0.5) is 8.78 Å². The molecule has 0 aliphatic heterocycles. The predicted octanol–water partition coefficient (Wildman–Crippen LogP) is 4.54. The zero-order chi connectivity index (χ0) is 14.3. The van der Waals surface area contributed by atoms with Gasteiger partial charge >= 0.3 is 0 Å². The number of aromatic nitrogens is 2. The van der Waals surface area contributed by atoms with Crippen molar-refractivity contribution in [1.29, 1.82) is 0 Å². The highest BCUT2D eigenvalue weighted by Gasteiger charge is 2.13. The molecule has 0 amide bonds. The number of nitrogens with zero attached hydrogens (tertiary/aromatic N) is 2. The van der Waals surface area contributed by atoms with Gasteiger partial charge in [-0.3, -0.25) is 4.98 Å². The van der Waals surface area contributed by atoms with Crippen LogP contribution in [0.15, 0.2) is 36.7 Å². The summed E-state index contributed by atoms with van der Waals surface area (Å²) in [7, 11) is 0. The van der Waals surface area contributed by atoms with Crippen LogP contribution < -0.4 is 0 Å². The van der Waals surface area contributed by atoms with Crippen LogP contribution in [0.25, 0.3) is 22.2 Å². The Balaban J connectivity index is 2.33. The lowest BCUT2D eigenvalue weighted by molar-refractivity contribution is 0.622. The van der Waals surface area contributed by atoms with Crippen molar-refractivity contribution in [2.24, 2.45) is 0 Å². The van der Waals surface area contributed by atoms with Crippen molar-refractivity contribution in [2.45, 2.75) is 6.92 Å². The Morgan fingerprint density at radius 2 is 1.85 bits per heavy atom. The van der Waals surface area contributed by atoms with E-state index in [1.165, 1.54) is 24.4 Å². The lowest BCUT2D eigenvalue weighted by Gasteiger charge is -2.10. The molecule has 2 heterocycles. The van der Waals surface area contributed by atoms with E-state index in [4.69, 9.17) is 11.6 Å². The van der Waals surface area contributed by atoms with E-state index < -0.39 is 11.6 Å². The van der Waals surface area contributed by atoms with Gasteiger partial charge in [0.05, 0.1) is 22.4 Å². The average molecular weight is 291 g/mol. The molecule has 2 aromatic heterocycles. The first-order chi connectivity index (χ1) is 9.56. The Morgan fingerprint density at radius 1 is 1.05 bits per heavy atom. The Labute approximate surface area is 119 Å². The minimum absolute atomic E-state index is 0.395. The molecule has 0 unspecified atom stereocenters. The maximum Gasteiger partial charge on any atom is 0.142 e. The van der Waals surface area contributed by atoms with E-state index in [0.29, 0.717) is 32.7 Å². The number of fused-ring (bicyclic) bond motifs is 1. The third kappa shape index (κ3) is 2.12. The number of hydrogen-bond donors (Lipinski definition) is 0. The molecule has 2 nitrogen and oxygen atoms in total. The van der Waals surface area contributed by atoms with E-state index in [-0.39, 0.29) is 0 Å². The molecule has 0 radical (unpaired) electrons. The summed E-state index contributed by atoms with van der Waals surface area (Å²) in [5.74, 6) is -0.854. The van der Waals surface area contributed by atoms with Crippen molar-refractivity contribution in [3.63, 3.8) is 0 Å². The number of rotatable bonds is 1. The van der Waals surface area contributed by atoms with Gasteiger partial charge in [0.1, 0.15) is 11.6 Å². The predicted molar refractivity (Wildman–Crippen MR) is 74.6 cm³/mol. The summed E-state index contributed by atoms with van der Waals surface area (Å²) >= 11 is 6.30. The minimum atomic E-state index is -0.459. The monoisotopic (exact) mass is 290 g/mol. The highest BCUT2D eigenvalue weighted by Crippen LogP contribution is 2.32. The standard InChI is InChI=1S/C15H9ClF2N2/c1-8-14(16)12-3-2-10(17)5-13(12)20-15(8)9-4-11(18)7-19-6-9/h2-7H,1H3. The van der Waals surface area contributed by atoms with Gasteiger partial charge in [-0.25, -0.2) is 13.8 Å². The molecule has 0 atom stereocenters. The molecule has 20 heavy (non-hydrogen) atoms. The van der Waals surface area contributed by atoms with Gasteiger partial charge in [0.2, 0.25) is 0 Å². The molecule has 0 saturated carbocycles. The maximum atomic E-state index is 13.3. The number of benzene rings is 1. The Hall–Kier alpha value is -2.07. The van der Waals surface area contributed by atoms with Crippen molar-refractivity contribution in [2.75, 3.05) is 0 Å². The van der Waals surface area contributed by atoms with Crippen molar-refractivity contribution >= 4 is 22.5 Å². The smallest absolute Gasteiger partial charge is 0.142 e. The third-order valence-electron chi connectivity index (χ3n) is 3.09. The topological polar surface area (TPSA) is 25.8 Å². The zero-order valence-corrected chi connectivity index (χ0v) is 11.2. The molecule has 0 fully saturated rings. The van der Waals surface area contributed by atoms with Crippen LogP contribution in [0.2, 0.25) is 5.02 Å². The van der Waals surface area contributed by atoms with Crippen molar-refractivity contribution in [3.05, 3.63) is 58.9 Å². The van der Waals surface area contributed by atoms with Crippen LogP contribution in [0.3, 0.4) is 0 Å². The zero-order valence-electron chi connectivity index (χ0n) is 10.5. The summed E-state index contributed by atoms with van der Waals surface area (Å²) in [4.78, 5) is 8.17. The first-order valence-corrected chi connectivity index (χ1v) is 6.30. The Bertz CT molecular complexity index is 818. The molecule has 3 rings (SSSR count). The molecule has 0 aliphatic carbocycles. The van der Waals surface area contributed by atoms with Crippen LogP contribution in [0.5, 0.6) is 0 Å². The number of pyridine rings is 2. The summed E-state index contributed by atoms with van der Waals surface area (Å²) in [5, 5.41) is 1.15. The number of halogens is 3. The molecule has 1 aromatic carbocycles. The largest absolute Gasteiger partial charge is 0.261 e. The molecule has 0 aliphatic rings. The Morgan fingerprint density at radius 3 is 2.60 bits per heavy atom. The van der Waals surface area contributed by atoms with Crippen LogP contribution in [0.1, 0.15) is 5.56 Å². The van der Waals surface area contributed by atoms with E-state index >= 15 is 0 Å². The molecule has 0 bridgehead atoms. The fourth-order valence-corrected chi connectivity index (χ4v) is 2.36. The molecule has 5 heteroatoms. The van der Waals surface area contributed by atoms with Crippen LogP contribution >= 0.6 is 11.6 Å². The molecular weight excluding hydrogens is 282 g/mol. The SMILES string of the molecule is Cc1c(-c2cncc(F)c2)nc2cc(F)ccc2c1Cl. The summed E-state index contributed by atoms with van der Waals surface area (Å²) in [6.07, 6.45) is 2.61. The van der Waals surface area contributed by atoms with Gasteiger partial charge in [0.15, 0.2) is 0 Å². The van der Waals surface area contributed by atoms with Gasteiger partial charge in [-0.1, -0.05) is 11.6 Å². The van der Waals surface area contributed by atoms with E-state index in [9.17, 15) is 8.78 Å². The quantitative estimate of drug-likeness (QED) is 0.658. The van der Waals surface area contributed by atoms with E-state index in [1.807, 2.05) is 0 Å². The van der Waals surface area contributed by atoms with Crippen molar-refractivity contribution in [1.82, 2.24) is 9.97 Å².